The summed E-state index contributed by atoms with van der Waals surface area (Å²) in [6, 6.07) is 1.48. The SMILES string of the molecule is CCCCCC(C)NC(=O)c1cc2c([nH]c1=O)CCCC2=O. The van der Waals surface area contributed by atoms with Crippen LogP contribution >= 0.6 is 0 Å². The second-order valence-corrected chi connectivity index (χ2v) is 6.05. The first-order chi connectivity index (χ1) is 10.5. The number of H-pyrrole nitrogens is 1. The number of unbranched alkanes of at least 4 members (excludes halogenated alkanes) is 2. The van der Waals surface area contributed by atoms with Crippen LogP contribution in [0.15, 0.2) is 10.9 Å². The van der Waals surface area contributed by atoms with Crippen LogP contribution in [-0.4, -0.2) is 22.7 Å². The van der Waals surface area contributed by atoms with E-state index in [4.69, 9.17) is 0 Å². The Kier molecular flexibility index (Phi) is 5.52. The zero-order valence-corrected chi connectivity index (χ0v) is 13.3. The molecule has 0 saturated carbocycles. The molecule has 1 atom stereocenters. The van der Waals surface area contributed by atoms with Gasteiger partial charge in [0.15, 0.2) is 5.78 Å². The van der Waals surface area contributed by atoms with Crippen molar-refractivity contribution in [3.05, 3.63) is 33.2 Å². The molecule has 0 radical (unpaired) electrons. The predicted molar refractivity (Wildman–Crippen MR) is 85.4 cm³/mol. The average molecular weight is 304 g/mol. The van der Waals surface area contributed by atoms with Gasteiger partial charge in [-0.05, 0) is 32.3 Å². The highest BCUT2D eigenvalue weighted by molar-refractivity contribution is 6.01. The molecule has 2 N–H and O–H groups in total. The van der Waals surface area contributed by atoms with Gasteiger partial charge in [-0.25, -0.2) is 0 Å². The second kappa shape index (κ2) is 7.38. The molecule has 1 unspecified atom stereocenters. The molecule has 1 aliphatic carbocycles. The van der Waals surface area contributed by atoms with E-state index < -0.39 is 11.5 Å². The van der Waals surface area contributed by atoms with Gasteiger partial charge in [-0.15, -0.1) is 0 Å². The minimum Gasteiger partial charge on any atom is -0.349 e. The number of aryl methyl sites for hydroxylation is 1. The molecule has 1 aliphatic rings. The molecule has 5 nitrogen and oxygen atoms in total. The minimum atomic E-state index is -0.410. The number of amides is 1. The molecule has 0 spiro atoms. The molecule has 5 heteroatoms. The standard InChI is InChI=1S/C17H24N2O3/c1-3-4-5-7-11(2)18-16(21)13-10-12-14(19-17(13)22)8-6-9-15(12)20/h10-11H,3-9H2,1-2H3,(H,18,21)(H,19,22). The Morgan fingerprint density at radius 3 is 2.82 bits per heavy atom. The van der Waals surface area contributed by atoms with Gasteiger partial charge in [0.1, 0.15) is 5.56 Å². The molecular weight excluding hydrogens is 280 g/mol. The van der Waals surface area contributed by atoms with Crippen LogP contribution < -0.4 is 10.9 Å². The Morgan fingerprint density at radius 1 is 1.32 bits per heavy atom. The maximum atomic E-state index is 12.3. The molecule has 0 aromatic carbocycles. The van der Waals surface area contributed by atoms with Crippen LogP contribution in [0.1, 0.15) is 78.8 Å². The third-order valence-electron chi connectivity index (χ3n) is 4.12. The molecule has 0 fully saturated rings. The van der Waals surface area contributed by atoms with Crippen molar-refractivity contribution in [2.24, 2.45) is 0 Å². The number of pyridine rings is 1. The second-order valence-electron chi connectivity index (χ2n) is 6.05. The summed E-state index contributed by atoms with van der Waals surface area (Å²) < 4.78 is 0. The summed E-state index contributed by atoms with van der Waals surface area (Å²) in [5.74, 6) is -0.394. The number of carbonyl (C=O) groups is 2. The first-order valence-corrected chi connectivity index (χ1v) is 8.13. The lowest BCUT2D eigenvalue weighted by Crippen LogP contribution is -2.36. The zero-order chi connectivity index (χ0) is 16.1. The van der Waals surface area contributed by atoms with Crippen molar-refractivity contribution < 1.29 is 9.59 Å². The summed E-state index contributed by atoms with van der Waals surface area (Å²) in [5.41, 5.74) is 0.784. The summed E-state index contributed by atoms with van der Waals surface area (Å²) in [7, 11) is 0. The topological polar surface area (TPSA) is 79.0 Å². The summed E-state index contributed by atoms with van der Waals surface area (Å²) in [5, 5.41) is 2.85. The van der Waals surface area contributed by atoms with Gasteiger partial charge in [0, 0.05) is 23.7 Å². The Labute approximate surface area is 130 Å². The molecule has 0 saturated heterocycles. The van der Waals surface area contributed by atoms with Crippen LogP contribution in [0.25, 0.3) is 0 Å². The highest BCUT2D eigenvalue weighted by Crippen LogP contribution is 2.18. The van der Waals surface area contributed by atoms with E-state index in [-0.39, 0.29) is 17.4 Å². The van der Waals surface area contributed by atoms with Crippen LogP contribution in [0.3, 0.4) is 0 Å². The van der Waals surface area contributed by atoms with Crippen molar-refractivity contribution in [1.82, 2.24) is 10.3 Å². The summed E-state index contributed by atoms with van der Waals surface area (Å²) in [6.45, 7) is 4.07. The van der Waals surface area contributed by atoms with E-state index in [9.17, 15) is 14.4 Å². The number of rotatable bonds is 6. The minimum absolute atomic E-state index is 0.00236. The summed E-state index contributed by atoms with van der Waals surface area (Å²) >= 11 is 0. The predicted octanol–water partition coefficient (Wildman–Crippen LogP) is 2.59. The van der Waals surface area contributed by atoms with E-state index in [2.05, 4.69) is 17.2 Å². The van der Waals surface area contributed by atoms with Crippen molar-refractivity contribution in [2.75, 3.05) is 0 Å². The number of aromatic nitrogens is 1. The number of hydrogen-bond donors (Lipinski definition) is 2. The monoisotopic (exact) mass is 304 g/mol. The number of Topliss-reactive ketones (excluding diaryl/α,β-unsaturated/α-hetero) is 1. The van der Waals surface area contributed by atoms with Crippen molar-refractivity contribution in [3.63, 3.8) is 0 Å². The van der Waals surface area contributed by atoms with Crippen LogP contribution in [0.5, 0.6) is 0 Å². The lowest BCUT2D eigenvalue weighted by atomic mass is 9.93. The van der Waals surface area contributed by atoms with Gasteiger partial charge in [-0.2, -0.15) is 0 Å². The molecule has 1 amide bonds. The fraction of sp³-hybridized carbons (Fsp3) is 0.588. The smallest absolute Gasteiger partial charge is 0.261 e. The van der Waals surface area contributed by atoms with Crippen LogP contribution in [0.2, 0.25) is 0 Å². The molecule has 2 rings (SSSR count). The van der Waals surface area contributed by atoms with E-state index in [1.165, 1.54) is 6.07 Å². The maximum Gasteiger partial charge on any atom is 0.261 e. The van der Waals surface area contributed by atoms with Gasteiger partial charge in [-0.1, -0.05) is 26.2 Å². The molecule has 1 aromatic heterocycles. The van der Waals surface area contributed by atoms with E-state index in [1.807, 2.05) is 6.92 Å². The van der Waals surface area contributed by atoms with Gasteiger partial charge in [-0.3, -0.25) is 14.4 Å². The normalized spacial score (nSPS) is 15.3. The molecule has 0 aliphatic heterocycles. The summed E-state index contributed by atoms with van der Waals surface area (Å²) in [6.07, 6.45) is 6.13. The van der Waals surface area contributed by atoms with Gasteiger partial charge in [0.25, 0.3) is 11.5 Å². The van der Waals surface area contributed by atoms with Crippen molar-refractivity contribution >= 4 is 11.7 Å². The maximum absolute atomic E-state index is 12.3. The number of hydrogen-bond acceptors (Lipinski definition) is 3. The number of nitrogens with one attached hydrogen (secondary N) is 2. The van der Waals surface area contributed by atoms with Gasteiger partial charge in [0.2, 0.25) is 0 Å². The Hall–Kier alpha value is -1.91. The van der Waals surface area contributed by atoms with E-state index in [1.54, 1.807) is 0 Å². The van der Waals surface area contributed by atoms with Crippen molar-refractivity contribution in [1.29, 1.82) is 0 Å². The fourth-order valence-corrected chi connectivity index (χ4v) is 2.82. The van der Waals surface area contributed by atoms with E-state index >= 15 is 0 Å². The quantitative estimate of drug-likeness (QED) is 0.793. The largest absolute Gasteiger partial charge is 0.349 e. The lowest BCUT2D eigenvalue weighted by molar-refractivity contribution is 0.0936. The molecule has 1 aromatic rings. The zero-order valence-electron chi connectivity index (χ0n) is 13.3. The van der Waals surface area contributed by atoms with Gasteiger partial charge in [0.05, 0.1) is 0 Å². The number of carbonyl (C=O) groups excluding carboxylic acids is 2. The first kappa shape index (κ1) is 16.5. The Morgan fingerprint density at radius 2 is 2.09 bits per heavy atom. The summed E-state index contributed by atoms with van der Waals surface area (Å²) in [4.78, 5) is 38.9. The Bertz CT molecular complexity index is 619. The Balaban J connectivity index is 2.11. The molecule has 0 bridgehead atoms. The number of ketones is 1. The van der Waals surface area contributed by atoms with Crippen LogP contribution in [0, 0.1) is 0 Å². The van der Waals surface area contributed by atoms with Crippen molar-refractivity contribution in [3.8, 4) is 0 Å². The first-order valence-electron chi connectivity index (χ1n) is 8.13. The van der Waals surface area contributed by atoms with Crippen molar-refractivity contribution in [2.45, 2.75) is 64.8 Å². The fourth-order valence-electron chi connectivity index (χ4n) is 2.82. The molecule has 120 valence electrons. The number of aromatic amines is 1. The number of fused-ring (bicyclic) bond motifs is 1. The molecular formula is C17H24N2O3. The average Bonchev–Trinajstić information content (AvgIpc) is 2.47. The van der Waals surface area contributed by atoms with Gasteiger partial charge < -0.3 is 10.3 Å². The third kappa shape index (κ3) is 3.84. The van der Waals surface area contributed by atoms with Crippen LogP contribution in [0.4, 0.5) is 0 Å². The van der Waals surface area contributed by atoms with E-state index in [0.29, 0.717) is 24.1 Å². The molecule has 1 heterocycles. The molecule has 22 heavy (non-hydrogen) atoms. The third-order valence-corrected chi connectivity index (χ3v) is 4.12. The van der Waals surface area contributed by atoms with Crippen LogP contribution in [-0.2, 0) is 6.42 Å². The van der Waals surface area contributed by atoms with Gasteiger partial charge >= 0.3 is 0 Å². The highest BCUT2D eigenvalue weighted by Gasteiger charge is 2.22. The van der Waals surface area contributed by atoms with E-state index in [0.717, 1.165) is 32.1 Å². The lowest BCUT2D eigenvalue weighted by Gasteiger charge is -2.16. The highest BCUT2D eigenvalue weighted by atomic mass is 16.2.